The zero-order valence-electron chi connectivity index (χ0n) is 10.7. The molecule has 0 rings (SSSR count). The normalized spacial score (nSPS) is 10.2. The first-order chi connectivity index (χ1) is 8.41. The summed E-state index contributed by atoms with van der Waals surface area (Å²) in [6.45, 7) is 4.13. The Morgan fingerprint density at radius 3 is 1.72 bits per heavy atom. The zero-order valence-corrected chi connectivity index (χ0v) is 10.7. The number of hydrogen-bond acceptors (Lipinski definition) is 6. The number of esters is 2. The fraction of sp³-hybridized carbons (Fsp3) is 0.727. The second-order valence-electron chi connectivity index (χ2n) is 3.67. The molecule has 0 aromatic heterocycles. The summed E-state index contributed by atoms with van der Waals surface area (Å²) in [4.78, 5) is 33.4. The van der Waals surface area contributed by atoms with Crippen LogP contribution in [0.15, 0.2) is 0 Å². The Kier molecular flexibility index (Phi) is 8.55. The molecule has 0 aliphatic heterocycles. The number of nitrogens with zero attached hydrogens (tertiary/aromatic N) is 1. The standard InChI is InChI=1S/C11H19NO6/c1-9(13)17-7-5-12(4-3-11(15)16)6-8-18-10(2)14/h3-8H2,1-2H3,(H,15,16). The van der Waals surface area contributed by atoms with E-state index in [0.717, 1.165) is 0 Å². The van der Waals surface area contributed by atoms with Crippen LogP contribution in [-0.4, -0.2) is 60.8 Å². The van der Waals surface area contributed by atoms with Gasteiger partial charge in [0.05, 0.1) is 6.42 Å². The van der Waals surface area contributed by atoms with Crippen LogP contribution in [0.5, 0.6) is 0 Å². The van der Waals surface area contributed by atoms with Crippen LogP contribution in [0.1, 0.15) is 20.3 Å². The Balaban J connectivity index is 3.94. The van der Waals surface area contributed by atoms with Gasteiger partial charge in [0.25, 0.3) is 0 Å². The van der Waals surface area contributed by atoms with Crippen molar-refractivity contribution < 1.29 is 29.0 Å². The highest BCUT2D eigenvalue weighted by Crippen LogP contribution is 1.94. The Morgan fingerprint density at radius 2 is 1.39 bits per heavy atom. The molecule has 0 aliphatic rings. The van der Waals surface area contributed by atoms with E-state index in [2.05, 4.69) is 0 Å². The van der Waals surface area contributed by atoms with E-state index in [1.807, 2.05) is 0 Å². The summed E-state index contributed by atoms with van der Waals surface area (Å²) >= 11 is 0. The molecule has 104 valence electrons. The van der Waals surface area contributed by atoms with Gasteiger partial charge in [0.2, 0.25) is 0 Å². The number of carbonyl (C=O) groups excluding carboxylic acids is 2. The van der Waals surface area contributed by atoms with Gasteiger partial charge >= 0.3 is 17.9 Å². The largest absolute Gasteiger partial charge is 0.481 e. The van der Waals surface area contributed by atoms with Gasteiger partial charge in [0.15, 0.2) is 0 Å². The quantitative estimate of drug-likeness (QED) is 0.579. The molecule has 0 atom stereocenters. The Bertz CT molecular complexity index is 271. The van der Waals surface area contributed by atoms with E-state index in [-0.39, 0.29) is 31.6 Å². The topological polar surface area (TPSA) is 93.1 Å². The monoisotopic (exact) mass is 261 g/mol. The lowest BCUT2D eigenvalue weighted by Gasteiger charge is -2.20. The van der Waals surface area contributed by atoms with Crippen LogP contribution in [0.2, 0.25) is 0 Å². The fourth-order valence-electron chi connectivity index (χ4n) is 1.23. The van der Waals surface area contributed by atoms with Crippen LogP contribution < -0.4 is 0 Å². The first-order valence-corrected chi connectivity index (χ1v) is 5.62. The van der Waals surface area contributed by atoms with Gasteiger partial charge in [-0.25, -0.2) is 0 Å². The van der Waals surface area contributed by atoms with E-state index in [0.29, 0.717) is 19.6 Å². The van der Waals surface area contributed by atoms with E-state index in [1.54, 1.807) is 4.90 Å². The van der Waals surface area contributed by atoms with Gasteiger partial charge in [-0.1, -0.05) is 0 Å². The van der Waals surface area contributed by atoms with E-state index in [1.165, 1.54) is 13.8 Å². The first kappa shape index (κ1) is 16.4. The number of ether oxygens (including phenoxy) is 2. The SMILES string of the molecule is CC(=O)OCCN(CCOC(C)=O)CCC(=O)O. The highest BCUT2D eigenvalue weighted by Gasteiger charge is 2.08. The molecule has 0 fully saturated rings. The number of carboxylic acid groups (broad SMARTS) is 1. The van der Waals surface area contributed by atoms with Crippen molar-refractivity contribution in [2.45, 2.75) is 20.3 Å². The van der Waals surface area contributed by atoms with Crippen LogP contribution in [-0.2, 0) is 23.9 Å². The van der Waals surface area contributed by atoms with Gasteiger partial charge in [-0.05, 0) is 0 Å². The summed E-state index contributed by atoms with van der Waals surface area (Å²) in [6, 6.07) is 0. The minimum absolute atomic E-state index is 0.0137. The second kappa shape index (κ2) is 9.41. The molecule has 0 aromatic carbocycles. The van der Waals surface area contributed by atoms with Crippen molar-refractivity contribution in [3.8, 4) is 0 Å². The number of carboxylic acids is 1. The molecule has 0 saturated carbocycles. The number of rotatable bonds is 9. The minimum Gasteiger partial charge on any atom is -0.481 e. The van der Waals surface area contributed by atoms with Crippen molar-refractivity contribution in [1.29, 1.82) is 0 Å². The summed E-state index contributed by atoms with van der Waals surface area (Å²) in [6.07, 6.45) is -0.0137. The predicted molar refractivity (Wildman–Crippen MR) is 62.0 cm³/mol. The predicted octanol–water partition coefficient (Wildman–Crippen LogP) is -0.111. The van der Waals surface area contributed by atoms with Gasteiger partial charge in [0.1, 0.15) is 13.2 Å². The molecular weight excluding hydrogens is 242 g/mol. The summed E-state index contributed by atoms with van der Waals surface area (Å²) in [5.74, 6) is -1.67. The number of aliphatic carboxylic acids is 1. The average molecular weight is 261 g/mol. The van der Waals surface area contributed by atoms with Gasteiger partial charge < -0.3 is 14.6 Å². The second-order valence-corrected chi connectivity index (χ2v) is 3.67. The Hall–Kier alpha value is -1.63. The van der Waals surface area contributed by atoms with Crippen molar-refractivity contribution in [2.75, 3.05) is 32.8 Å². The molecule has 0 aromatic rings. The molecule has 0 radical (unpaired) electrons. The fourth-order valence-corrected chi connectivity index (χ4v) is 1.23. The summed E-state index contributed by atoms with van der Waals surface area (Å²) in [7, 11) is 0. The number of hydrogen-bond donors (Lipinski definition) is 1. The van der Waals surface area contributed by atoms with Crippen molar-refractivity contribution in [1.82, 2.24) is 4.90 Å². The van der Waals surface area contributed by atoms with Gasteiger partial charge in [-0.2, -0.15) is 0 Å². The van der Waals surface area contributed by atoms with Crippen LogP contribution in [0.25, 0.3) is 0 Å². The maximum absolute atomic E-state index is 10.6. The molecule has 0 aliphatic carbocycles. The van der Waals surface area contributed by atoms with Gasteiger partial charge in [-0.3, -0.25) is 19.3 Å². The van der Waals surface area contributed by atoms with Crippen molar-refractivity contribution in [2.24, 2.45) is 0 Å². The van der Waals surface area contributed by atoms with Gasteiger partial charge in [0, 0.05) is 33.5 Å². The molecule has 0 saturated heterocycles. The van der Waals surface area contributed by atoms with E-state index < -0.39 is 5.97 Å². The van der Waals surface area contributed by atoms with Crippen molar-refractivity contribution in [3.05, 3.63) is 0 Å². The lowest BCUT2D eigenvalue weighted by molar-refractivity contribution is -0.143. The molecule has 18 heavy (non-hydrogen) atoms. The molecule has 0 unspecified atom stereocenters. The highest BCUT2D eigenvalue weighted by molar-refractivity contribution is 5.67. The summed E-state index contributed by atoms with van der Waals surface area (Å²) < 4.78 is 9.54. The lowest BCUT2D eigenvalue weighted by Crippen LogP contribution is -2.33. The zero-order chi connectivity index (χ0) is 14.0. The van der Waals surface area contributed by atoms with Crippen LogP contribution in [0.4, 0.5) is 0 Å². The lowest BCUT2D eigenvalue weighted by atomic mass is 10.3. The molecule has 0 spiro atoms. The molecule has 7 heteroatoms. The third-order valence-electron chi connectivity index (χ3n) is 2.07. The van der Waals surface area contributed by atoms with E-state index in [4.69, 9.17) is 14.6 Å². The van der Waals surface area contributed by atoms with Crippen LogP contribution in [0.3, 0.4) is 0 Å². The number of carbonyl (C=O) groups is 3. The summed E-state index contributed by atoms with van der Waals surface area (Å²) in [5.41, 5.74) is 0. The molecular formula is C11H19NO6. The maximum atomic E-state index is 10.6. The maximum Gasteiger partial charge on any atom is 0.304 e. The van der Waals surface area contributed by atoms with E-state index in [9.17, 15) is 14.4 Å². The summed E-state index contributed by atoms with van der Waals surface area (Å²) in [5, 5.41) is 8.59. The Labute approximate surface area is 106 Å². The first-order valence-electron chi connectivity index (χ1n) is 5.62. The molecule has 1 N–H and O–H groups in total. The molecule has 0 heterocycles. The molecule has 0 amide bonds. The minimum atomic E-state index is -0.903. The third kappa shape index (κ3) is 10.9. The van der Waals surface area contributed by atoms with Crippen LogP contribution in [0, 0.1) is 0 Å². The average Bonchev–Trinajstić information content (AvgIpc) is 2.24. The van der Waals surface area contributed by atoms with Gasteiger partial charge in [-0.15, -0.1) is 0 Å². The smallest absolute Gasteiger partial charge is 0.304 e. The van der Waals surface area contributed by atoms with E-state index >= 15 is 0 Å². The van der Waals surface area contributed by atoms with Crippen molar-refractivity contribution >= 4 is 17.9 Å². The highest BCUT2D eigenvalue weighted by atomic mass is 16.5. The third-order valence-corrected chi connectivity index (χ3v) is 2.07. The molecule has 0 bridgehead atoms. The van der Waals surface area contributed by atoms with Crippen molar-refractivity contribution in [3.63, 3.8) is 0 Å². The van der Waals surface area contributed by atoms with Crippen LogP contribution >= 0.6 is 0 Å². The molecule has 7 nitrogen and oxygen atoms in total. The Morgan fingerprint density at radius 1 is 0.944 bits per heavy atom.